The standard InChI is InChI=1S/C9H10N2OS/c1-8(12)13-7-2-4-9-10-5-3-6-11-9/h2-6H,7H2,1H3. The number of hydrogen-bond donors (Lipinski definition) is 0. The quantitative estimate of drug-likeness (QED) is 0.735. The maximum absolute atomic E-state index is 10.6. The maximum Gasteiger partial charge on any atom is 0.186 e. The van der Waals surface area contributed by atoms with Crippen LogP contribution in [0.25, 0.3) is 6.08 Å². The van der Waals surface area contributed by atoms with Gasteiger partial charge in [-0.2, -0.15) is 0 Å². The van der Waals surface area contributed by atoms with E-state index >= 15 is 0 Å². The molecule has 0 saturated carbocycles. The zero-order valence-corrected chi connectivity index (χ0v) is 8.12. The molecule has 0 spiro atoms. The third kappa shape index (κ3) is 4.42. The molecular formula is C9H10N2OS. The number of aromatic nitrogens is 2. The van der Waals surface area contributed by atoms with Crippen LogP contribution >= 0.6 is 11.8 Å². The van der Waals surface area contributed by atoms with Gasteiger partial charge in [-0.3, -0.25) is 4.79 Å². The zero-order valence-electron chi connectivity index (χ0n) is 7.30. The Morgan fingerprint density at radius 2 is 2.23 bits per heavy atom. The molecule has 13 heavy (non-hydrogen) atoms. The van der Waals surface area contributed by atoms with Gasteiger partial charge >= 0.3 is 0 Å². The first kappa shape index (κ1) is 9.92. The Hall–Kier alpha value is -1.16. The maximum atomic E-state index is 10.6. The topological polar surface area (TPSA) is 42.9 Å². The van der Waals surface area contributed by atoms with Gasteiger partial charge in [0.25, 0.3) is 0 Å². The van der Waals surface area contributed by atoms with Crippen molar-refractivity contribution in [3.8, 4) is 0 Å². The summed E-state index contributed by atoms with van der Waals surface area (Å²) in [5, 5.41) is 0.124. The highest BCUT2D eigenvalue weighted by Crippen LogP contribution is 2.02. The second-order valence-electron chi connectivity index (χ2n) is 2.31. The van der Waals surface area contributed by atoms with Crippen LogP contribution in [0.15, 0.2) is 24.5 Å². The molecule has 1 aromatic rings. The fraction of sp³-hybridized carbons (Fsp3) is 0.222. The number of carbonyl (C=O) groups excluding carboxylic acids is 1. The predicted octanol–water partition coefficient (Wildman–Crippen LogP) is 1.77. The molecule has 0 saturated heterocycles. The molecule has 1 rings (SSSR count). The van der Waals surface area contributed by atoms with E-state index in [0.29, 0.717) is 11.6 Å². The van der Waals surface area contributed by atoms with Gasteiger partial charge in [0, 0.05) is 25.1 Å². The normalized spacial score (nSPS) is 10.5. The molecule has 0 aliphatic carbocycles. The van der Waals surface area contributed by atoms with Gasteiger partial charge < -0.3 is 0 Å². The van der Waals surface area contributed by atoms with Crippen molar-refractivity contribution in [2.24, 2.45) is 0 Å². The van der Waals surface area contributed by atoms with Gasteiger partial charge in [0.05, 0.1) is 0 Å². The molecule has 0 aliphatic rings. The minimum Gasteiger partial charge on any atom is -0.288 e. The molecule has 0 aromatic carbocycles. The molecule has 1 heterocycles. The van der Waals surface area contributed by atoms with Gasteiger partial charge in [-0.15, -0.1) is 0 Å². The molecule has 3 nitrogen and oxygen atoms in total. The third-order valence-electron chi connectivity index (χ3n) is 1.24. The molecule has 0 unspecified atom stereocenters. The van der Waals surface area contributed by atoms with Crippen molar-refractivity contribution >= 4 is 23.0 Å². The van der Waals surface area contributed by atoms with E-state index in [1.165, 1.54) is 11.8 Å². The predicted molar refractivity (Wildman–Crippen MR) is 54.2 cm³/mol. The average molecular weight is 194 g/mol. The summed E-state index contributed by atoms with van der Waals surface area (Å²) in [6, 6.07) is 1.77. The molecule has 4 heteroatoms. The van der Waals surface area contributed by atoms with E-state index in [9.17, 15) is 4.79 Å². The minimum atomic E-state index is 0.124. The van der Waals surface area contributed by atoms with E-state index in [2.05, 4.69) is 9.97 Å². The monoisotopic (exact) mass is 194 g/mol. The Morgan fingerprint density at radius 1 is 1.54 bits per heavy atom. The highest BCUT2D eigenvalue weighted by molar-refractivity contribution is 8.13. The molecule has 0 aliphatic heterocycles. The molecule has 0 radical (unpaired) electrons. The van der Waals surface area contributed by atoms with Crippen LogP contribution in [0.5, 0.6) is 0 Å². The number of thioether (sulfide) groups is 1. The average Bonchev–Trinajstić information content (AvgIpc) is 2.14. The van der Waals surface area contributed by atoms with Crippen molar-refractivity contribution in [3.63, 3.8) is 0 Å². The Bertz CT molecular complexity index is 298. The fourth-order valence-electron chi connectivity index (χ4n) is 0.716. The molecule has 0 amide bonds. The summed E-state index contributed by atoms with van der Waals surface area (Å²) in [6.45, 7) is 1.55. The van der Waals surface area contributed by atoms with E-state index in [1.807, 2.05) is 6.08 Å². The molecule has 0 N–H and O–H groups in total. The van der Waals surface area contributed by atoms with Crippen LogP contribution in [0.1, 0.15) is 12.7 Å². The Balaban J connectivity index is 2.37. The van der Waals surface area contributed by atoms with Crippen molar-refractivity contribution < 1.29 is 4.79 Å². The number of hydrogen-bond acceptors (Lipinski definition) is 4. The number of nitrogens with zero attached hydrogens (tertiary/aromatic N) is 2. The van der Waals surface area contributed by atoms with Crippen LogP contribution in [-0.4, -0.2) is 20.8 Å². The van der Waals surface area contributed by atoms with E-state index in [4.69, 9.17) is 0 Å². The van der Waals surface area contributed by atoms with Crippen LogP contribution in [0, 0.1) is 0 Å². The fourth-order valence-corrected chi connectivity index (χ4v) is 1.14. The lowest BCUT2D eigenvalue weighted by atomic mass is 10.5. The van der Waals surface area contributed by atoms with Crippen LogP contribution in [-0.2, 0) is 4.79 Å². The third-order valence-corrected chi connectivity index (χ3v) is 2.00. The lowest BCUT2D eigenvalue weighted by Crippen LogP contribution is -1.85. The first-order chi connectivity index (χ1) is 6.29. The Kier molecular flexibility index (Phi) is 4.18. The largest absolute Gasteiger partial charge is 0.288 e. The SMILES string of the molecule is CC(=O)SCC=Cc1ncccn1. The molecule has 0 atom stereocenters. The second-order valence-corrected chi connectivity index (χ2v) is 3.51. The molecule has 68 valence electrons. The molecule has 0 bridgehead atoms. The van der Waals surface area contributed by atoms with Crippen molar-refractivity contribution in [2.75, 3.05) is 5.75 Å². The summed E-state index contributed by atoms with van der Waals surface area (Å²) >= 11 is 1.27. The molecule has 0 fully saturated rings. The van der Waals surface area contributed by atoms with E-state index < -0.39 is 0 Å². The van der Waals surface area contributed by atoms with Gasteiger partial charge in [0.15, 0.2) is 10.9 Å². The number of rotatable bonds is 3. The lowest BCUT2D eigenvalue weighted by molar-refractivity contribution is -0.109. The number of carbonyl (C=O) groups is 1. The van der Waals surface area contributed by atoms with E-state index in [1.54, 1.807) is 31.5 Å². The molecule has 1 aromatic heterocycles. The highest BCUT2D eigenvalue weighted by atomic mass is 32.2. The highest BCUT2D eigenvalue weighted by Gasteiger charge is 1.89. The Morgan fingerprint density at radius 3 is 2.85 bits per heavy atom. The summed E-state index contributed by atoms with van der Waals surface area (Å²) < 4.78 is 0. The summed E-state index contributed by atoms with van der Waals surface area (Å²) in [5.74, 6) is 1.35. The first-order valence-corrected chi connectivity index (χ1v) is 4.84. The van der Waals surface area contributed by atoms with Gasteiger partial charge in [-0.1, -0.05) is 17.8 Å². The molecular weight excluding hydrogens is 184 g/mol. The lowest BCUT2D eigenvalue weighted by Gasteiger charge is -1.89. The summed E-state index contributed by atoms with van der Waals surface area (Å²) in [6.07, 6.45) is 7.05. The van der Waals surface area contributed by atoms with Crippen molar-refractivity contribution in [1.82, 2.24) is 9.97 Å². The van der Waals surface area contributed by atoms with Crippen molar-refractivity contribution in [1.29, 1.82) is 0 Å². The summed E-state index contributed by atoms with van der Waals surface area (Å²) in [5.41, 5.74) is 0. The van der Waals surface area contributed by atoms with Gasteiger partial charge in [-0.05, 0) is 12.1 Å². The Labute approximate surface area is 81.3 Å². The van der Waals surface area contributed by atoms with Crippen molar-refractivity contribution in [3.05, 3.63) is 30.4 Å². The summed E-state index contributed by atoms with van der Waals surface area (Å²) in [7, 11) is 0. The van der Waals surface area contributed by atoms with Gasteiger partial charge in [0.2, 0.25) is 0 Å². The van der Waals surface area contributed by atoms with E-state index in [0.717, 1.165) is 0 Å². The van der Waals surface area contributed by atoms with Gasteiger partial charge in [0.1, 0.15) is 0 Å². The van der Waals surface area contributed by atoms with Crippen LogP contribution < -0.4 is 0 Å². The van der Waals surface area contributed by atoms with Crippen LogP contribution in [0.2, 0.25) is 0 Å². The minimum absolute atomic E-state index is 0.124. The van der Waals surface area contributed by atoms with Crippen LogP contribution in [0.3, 0.4) is 0 Å². The summed E-state index contributed by atoms with van der Waals surface area (Å²) in [4.78, 5) is 18.6. The second kappa shape index (κ2) is 5.48. The first-order valence-electron chi connectivity index (χ1n) is 3.86. The van der Waals surface area contributed by atoms with Crippen molar-refractivity contribution in [2.45, 2.75) is 6.92 Å². The van der Waals surface area contributed by atoms with Crippen LogP contribution in [0.4, 0.5) is 0 Å². The smallest absolute Gasteiger partial charge is 0.186 e. The zero-order chi connectivity index (χ0) is 9.52. The van der Waals surface area contributed by atoms with Gasteiger partial charge in [-0.25, -0.2) is 9.97 Å². The van der Waals surface area contributed by atoms with E-state index in [-0.39, 0.29) is 5.12 Å².